The number of guanidine groups is 1. The minimum atomic E-state index is 0.472. The molecule has 1 aromatic carbocycles. The van der Waals surface area contributed by atoms with Gasteiger partial charge in [-0.25, -0.2) is 4.99 Å². The van der Waals surface area contributed by atoms with Crippen molar-refractivity contribution in [1.29, 1.82) is 0 Å². The van der Waals surface area contributed by atoms with E-state index in [-0.39, 0.29) is 0 Å². The Morgan fingerprint density at radius 2 is 1.81 bits per heavy atom. The summed E-state index contributed by atoms with van der Waals surface area (Å²) < 4.78 is 1.96. The molecule has 0 amide bonds. The second-order valence-electron chi connectivity index (χ2n) is 7.42. The average molecular weight is 421 g/mol. The highest BCUT2D eigenvalue weighted by atomic mass is 15.3. The topological polar surface area (TPSA) is 83.3 Å². The van der Waals surface area contributed by atoms with Crippen LogP contribution in [0.4, 0.5) is 5.69 Å². The van der Waals surface area contributed by atoms with Crippen LogP contribution < -0.4 is 15.5 Å². The molecule has 0 aliphatic heterocycles. The number of pyridine rings is 1. The molecule has 0 aliphatic carbocycles. The zero-order chi connectivity index (χ0) is 21.9. The van der Waals surface area contributed by atoms with E-state index in [1.165, 1.54) is 5.69 Å². The lowest BCUT2D eigenvalue weighted by Gasteiger charge is -2.19. The van der Waals surface area contributed by atoms with Gasteiger partial charge in [0.2, 0.25) is 0 Å². The largest absolute Gasteiger partial charge is 0.375 e. The highest BCUT2D eigenvalue weighted by molar-refractivity contribution is 5.79. The first kappa shape index (κ1) is 22.3. The van der Waals surface area contributed by atoms with Crippen molar-refractivity contribution in [3.8, 4) is 0 Å². The van der Waals surface area contributed by atoms with Gasteiger partial charge in [0.05, 0.1) is 0 Å². The maximum Gasteiger partial charge on any atom is 0.191 e. The number of aliphatic imine (C=N–C) groups is 1. The Morgan fingerprint density at radius 3 is 2.52 bits per heavy atom. The van der Waals surface area contributed by atoms with Crippen molar-refractivity contribution in [2.45, 2.75) is 26.3 Å². The number of aromatic nitrogens is 4. The molecular weight excluding hydrogens is 388 g/mol. The van der Waals surface area contributed by atoms with Crippen LogP contribution in [0.25, 0.3) is 0 Å². The summed E-state index contributed by atoms with van der Waals surface area (Å²) in [6.45, 7) is 4.95. The van der Waals surface area contributed by atoms with Crippen molar-refractivity contribution in [3.63, 3.8) is 0 Å². The number of hydrogen-bond donors (Lipinski definition) is 2. The van der Waals surface area contributed by atoms with Gasteiger partial charge in [-0.15, -0.1) is 10.2 Å². The molecule has 0 radical (unpaired) electrons. The Hall–Kier alpha value is -3.42. The van der Waals surface area contributed by atoms with Crippen molar-refractivity contribution in [2.24, 2.45) is 12.0 Å². The van der Waals surface area contributed by atoms with Crippen molar-refractivity contribution >= 4 is 11.6 Å². The van der Waals surface area contributed by atoms with Crippen LogP contribution in [-0.2, 0) is 20.0 Å². The van der Waals surface area contributed by atoms with E-state index in [0.717, 1.165) is 55.8 Å². The molecule has 0 aliphatic rings. The smallest absolute Gasteiger partial charge is 0.191 e. The fraction of sp³-hybridized carbons (Fsp3) is 0.391. The number of anilines is 1. The van der Waals surface area contributed by atoms with Gasteiger partial charge in [-0.05, 0) is 37.6 Å². The summed E-state index contributed by atoms with van der Waals surface area (Å²) in [6.07, 6.45) is 3.65. The van der Waals surface area contributed by atoms with Crippen LogP contribution in [0.2, 0.25) is 0 Å². The van der Waals surface area contributed by atoms with Crippen molar-refractivity contribution in [2.75, 3.05) is 31.6 Å². The van der Waals surface area contributed by atoms with Gasteiger partial charge in [-0.1, -0.05) is 24.3 Å². The number of nitrogens with zero attached hydrogens (tertiary/aromatic N) is 6. The van der Waals surface area contributed by atoms with E-state index in [0.29, 0.717) is 6.54 Å². The molecule has 8 nitrogen and oxygen atoms in total. The molecule has 0 atom stereocenters. The molecule has 8 heteroatoms. The number of nitrogens with one attached hydrogen (secondary N) is 2. The highest BCUT2D eigenvalue weighted by Crippen LogP contribution is 2.10. The summed E-state index contributed by atoms with van der Waals surface area (Å²) >= 11 is 0. The van der Waals surface area contributed by atoms with Crippen LogP contribution in [0.1, 0.15) is 23.8 Å². The lowest BCUT2D eigenvalue weighted by atomic mass is 10.3. The Balaban J connectivity index is 1.51. The molecule has 0 unspecified atom stereocenters. The van der Waals surface area contributed by atoms with E-state index >= 15 is 0 Å². The molecule has 3 rings (SSSR count). The molecule has 164 valence electrons. The molecule has 0 spiro atoms. The second kappa shape index (κ2) is 11.7. The summed E-state index contributed by atoms with van der Waals surface area (Å²) in [5.41, 5.74) is 2.28. The lowest BCUT2D eigenvalue weighted by Crippen LogP contribution is -2.39. The summed E-state index contributed by atoms with van der Waals surface area (Å²) in [6, 6.07) is 16.4. The number of para-hydroxylation sites is 1. The van der Waals surface area contributed by atoms with Gasteiger partial charge in [0.1, 0.15) is 12.4 Å². The van der Waals surface area contributed by atoms with Crippen LogP contribution >= 0.6 is 0 Å². The highest BCUT2D eigenvalue weighted by Gasteiger charge is 2.06. The summed E-state index contributed by atoms with van der Waals surface area (Å²) in [7, 11) is 4.08. The number of rotatable bonds is 10. The maximum atomic E-state index is 4.71. The van der Waals surface area contributed by atoms with Gasteiger partial charge in [0.25, 0.3) is 0 Å². The van der Waals surface area contributed by atoms with Crippen LogP contribution in [0, 0.1) is 6.92 Å². The lowest BCUT2D eigenvalue weighted by molar-refractivity contribution is 0.713. The monoisotopic (exact) mass is 420 g/mol. The van der Waals surface area contributed by atoms with E-state index in [1.54, 1.807) is 0 Å². The maximum absolute atomic E-state index is 4.71. The molecule has 3 aromatic rings. The molecule has 2 aromatic heterocycles. The van der Waals surface area contributed by atoms with E-state index < -0.39 is 0 Å². The molecule has 0 saturated heterocycles. The molecule has 31 heavy (non-hydrogen) atoms. The Labute approximate surface area is 184 Å². The Morgan fingerprint density at radius 1 is 1.03 bits per heavy atom. The first-order valence-electron chi connectivity index (χ1n) is 10.7. The van der Waals surface area contributed by atoms with E-state index in [9.17, 15) is 0 Å². The zero-order valence-electron chi connectivity index (χ0n) is 18.6. The van der Waals surface area contributed by atoms with Crippen molar-refractivity contribution in [1.82, 2.24) is 30.4 Å². The fourth-order valence-corrected chi connectivity index (χ4v) is 3.10. The quantitative estimate of drug-likeness (QED) is 0.298. The first-order valence-corrected chi connectivity index (χ1v) is 10.7. The van der Waals surface area contributed by atoms with Crippen LogP contribution in [0.3, 0.4) is 0 Å². The van der Waals surface area contributed by atoms with Gasteiger partial charge in [0, 0.05) is 57.7 Å². The van der Waals surface area contributed by atoms with E-state index in [4.69, 9.17) is 4.99 Å². The van der Waals surface area contributed by atoms with Gasteiger partial charge in [0.15, 0.2) is 11.8 Å². The van der Waals surface area contributed by atoms with Crippen molar-refractivity contribution < 1.29 is 0 Å². The van der Waals surface area contributed by atoms with E-state index in [2.05, 4.69) is 62.0 Å². The fourth-order valence-electron chi connectivity index (χ4n) is 3.10. The second-order valence-corrected chi connectivity index (χ2v) is 7.42. The predicted octanol–water partition coefficient (Wildman–Crippen LogP) is 2.32. The third kappa shape index (κ3) is 7.09. The van der Waals surface area contributed by atoms with Crippen LogP contribution in [-0.4, -0.2) is 52.4 Å². The predicted molar refractivity (Wildman–Crippen MR) is 125 cm³/mol. The molecule has 0 bridgehead atoms. The van der Waals surface area contributed by atoms with Gasteiger partial charge in [-0.3, -0.25) is 4.98 Å². The Bertz CT molecular complexity index is 937. The molecular formula is C23H32N8. The number of hydrogen-bond acceptors (Lipinski definition) is 5. The standard InChI is InChI=1S/C23H32N8/c1-19-28-29-22(31(19)3)18-27-23(26-16-13-20-10-7-8-14-24-20)25-15-9-17-30(2)21-11-5-4-6-12-21/h4-8,10-12,14H,9,13,15-18H2,1-3H3,(H2,25,26,27). The van der Waals surface area contributed by atoms with E-state index in [1.807, 2.05) is 49.0 Å². The number of benzene rings is 1. The molecule has 2 N–H and O–H groups in total. The Kier molecular flexibility index (Phi) is 8.39. The van der Waals surface area contributed by atoms with Gasteiger partial charge < -0.3 is 20.1 Å². The van der Waals surface area contributed by atoms with Crippen LogP contribution in [0.5, 0.6) is 0 Å². The summed E-state index contributed by atoms with van der Waals surface area (Å²) in [5, 5.41) is 15.2. The molecule has 0 saturated carbocycles. The normalized spacial score (nSPS) is 11.4. The van der Waals surface area contributed by atoms with Crippen molar-refractivity contribution in [3.05, 3.63) is 72.1 Å². The molecule has 0 fully saturated rings. The minimum absolute atomic E-state index is 0.472. The average Bonchev–Trinajstić information content (AvgIpc) is 3.13. The first-order chi connectivity index (χ1) is 15.1. The summed E-state index contributed by atoms with van der Waals surface area (Å²) in [5.74, 6) is 2.50. The third-order valence-electron chi connectivity index (χ3n) is 5.12. The van der Waals surface area contributed by atoms with Crippen LogP contribution in [0.15, 0.2) is 59.7 Å². The SMILES string of the molecule is Cc1nnc(CN=C(NCCCN(C)c2ccccc2)NCCc2ccccn2)n1C. The molecule has 2 heterocycles. The number of aryl methyl sites for hydroxylation is 1. The van der Waals surface area contributed by atoms with Gasteiger partial charge >= 0.3 is 0 Å². The minimum Gasteiger partial charge on any atom is -0.375 e. The zero-order valence-corrected chi connectivity index (χ0v) is 18.6. The summed E-state index contributed by atoms with van der Waals surface area (Å²) in [4.78, 5) is 11.4. The third-order valence-corrected chi connectivity index (χ3v) is 5.12. The van der Waals surface area contributed by atoms with Gasteiger partial charge in [-0.2, -0.15) is 0 Å².